The SMILES string of the molecule is CCOC(C(N)c1ccc(F)cc1F)C(C)(C)C. The maximum Gasteiger partial charge on any atom is 0.130 e. The molecular formula is C14H21F2NO. The van der Waals surface area contributed by atoms with Crippen LogP contribution in [0.4, 0.5) is 8.78 Å². The highest BCUT2D eigenvalue weighted by atomic mass is 19.1. The van der Waals surface area contributed by atoms with Gasteiger partial charge in [-0.1, -0.05) is 26.8 Å². The highest BCUT2D eigenvalue weighted by Gasteiger charge is 2.33. The van der Waals surface area contributed by atoms with Gasteiger partial charge in [0.25, 0.3) is 0 Å². The van der Waals surface area contributed by atoms with Crippen LogP contribution in [-0.4, -0.2) is 12.7 Å². The minimum Gasteiger partial charge on any atom is -0.376 e. The predicted molar refractivity (Wildman–Crippen MR) is 68.2 cm³/mol. The molecule has 2 atom stereocenters. The first-order valence-electron chi connectivity index (χ1n) is 6.09. The lowest BCUT2D eigenvalue weighted by Gasteiger charge is -2.35. The summed E-state index contributed by atoms with van der Waals surface area (Å²) in [7, 11) is 0. The van der Waals surface area contributed by atoms with E-state index in [0.29, 0.717) is 6.61 Å². The Bertz CT molecular complexity index is 401. The van der Waals surface area contributed by atoms with Crippen LogP contribution >= 0.6 is 0 Å². The number of hydrogen-bond acceptors (Lipinski definition) is 2. The summed E-state index contributed by atoms with van der Waals surface area (Å²) in [6, 6.07) is 2.82. The van der Waals surface area contributed by atoms with Crippen molar-refractivity contribution >= 4 is 0 Å². The molecule has 0 saturated carbocycles. The van der Waals surface area contributed by atoms with Gasteiger partial charge >= 0.3 is 0 Å². The highest BCUT2D eigenvalue weighted by molar-refractivity contribution is 5.23. The maximum absolute atomic E-state index is 13.7. The monoisotopic (exact) mass is 257 g/mol. The van der Waals surface area contributed by atoms with Gasteiger partial charge in [0.1, 0.15) is 11.6 Å². The molecule has 0 spiro atoms. The summed E-state index contributed by atoms with van der Waals surface area (Å²) in [4.78, 5) is 0. The third kappa shape index (κ3) is 3.50. The van der Waals surface area contributed by atoms with E-state index in [1.54, 1.807) is 0 Å². The molecular weight excluding hydrogens is 236 g/mol. The van der Waals surface area contributed by atoms with E-state index in [-0.39, 0.29) is 17.1 Å². The molecule has 2 unspecified atom stereocenters. The van der Waals surface area contributed by atoms with Gasteiger partial charge in [0, 0.05) is 18.2 Å². The van der Waals surface area contributed by atoms with Crippen LogP contribution in [0.2, 0.25) is 0 Å². The fourth-order valence-corrected chi connectivity index (χ4v) is 2.01. The first-order chi connectivity index (χ1) is 8.27. The molecule has 1 aromatic carbocycles. The van der Waals surface area contributed by atoms with Crippen molar-refractivity contribution in [1.29, 1.82) is 0 Å². The third-order valence-corrected chi connectivity index (χ3v) is 2.85. The molecule has 0 saturated heterocycles. The van der Waals surface area contributed by atoms with Crippen LogP contribution in [0.5, 0.6) is 0 Å². The lowest BCUT2D eigenvalue weighted by Crippen LogP contribution is -2.39. The number of halogens is 2. The molecule has 0 bridgehead atoms. The van der Waals surface area contributed by atoms with Crippen LogP contribution in [0, 0.1) is 17.0 Å². The summed E-state index contributed by atoms with van der Waals surface area (Å²) in [6.07, 6.45) is -0.331. The predicted octanol–water partition coefficient (Wildman–Crippen LogP) is 3.42. The average Bonchev–Trinajstić information content (AvgIpc) is 2.23. The van der Waals surface area contributed by atoms with E-state index in [0.717, 1.165) is 6.07 Å². The van der Waals surface area contributed by atoms with Crippen LogP contribution in [0.15, 0.2) is 18.2 Å². The largest absolute Gasteiger partial charge is 0.376 e. The smallest absolute Gasteiger partial charge is 0.130 e. The number of nitrogens with two attached hydrogens (primary N) is 1. The molecule has 2 nitrogen and oxygen atoms in total. The molecule has 0 aromatic heterocycles. The van der Waals surface area contributed by atoms with E-state index >= 15 is 0 Å². The second-order valence-electron chi connectivity index (χ2n) is 5.43. The summed E-state index contributed by atoms with van der Waals surface area (Å²) in [5.74, 6) is -1.23. The molecule has 102 valence electrons. The molecule has 1 aromatic rings. The number of hydrogen-bond donors (Lipinski definition) is 1. The van der Waals surface area contributed by atoms with Crippen molar-refractivity contribution in [2.45, 2.75) is 39.8 Å². The quantitative estimate of drug-likeness (QED) is 0.897. The Morgan fingerprint density at radius 1 is 1.28 bits per heavy atom. The molecule has 1 rings (SSSR count). The van der Waals surface area contributed by atoms with Crippen LogP contribution < -0.4 is 5.73 Å². The van der Waals surface area contributed by atoms with Gasteiger partial charge in [-0.3, -0.25) is 0 Å². The highest BCUT2D eigenvalue weighted by Crippen LogP contribution is 2.32. The van der Waals surface area contributed by atoms with Crippen molar-refractivity contribution < 1.29 is 13.5 Å². The van der Waals surface area contributed by atoms with Crippen molar-refractivity contribution in [2.75, 3.05) is 6.61 Å². The van der Waals surface area contributed by atoms with Gasteiger partial charge in [-0.15, -0.1) is 0 Å². The number of ether oxygens (including phenoxy) is 1. The Balaban J connectivity index is 3.05. The van der Waals surface area contributed by atoms with E-state index in [2.05, 4.69) is 0 Å². The van der Waals surface area contributed by atoms with Gasteiger partial charge in [-0.05, 0) is 18.4 Å². The zero-order valence-corrected chi connectivity index (χ0v) is 11.3. The average molecular weight is 257 g/mol. The minimum atomic E-state index is -0.628. The van der Waals surface area contributed by atoms with E-state index in [4.69, 9.17) is 10.5 Å². The molecule has 18 heavy (non-hydrogen) atoms. The first-order valence-corrected chi connectivity index (χ1v) is 6.09. The van der Waals surface area contributed by atoms with Crippen molar-refractivity contribution in [1.82, 2.24) is 0 Å². The van der Waals surface area contributed by atoms with Gasteiger partial charge in [0.2, 0.25) is 0 Å². The number of benzene rings is 1. The zero-order chi connectivity index (χ0) is 13.9. The molecule has 2 N–H and O–H groups in total. The van der Waals surface area contributed by atoms with Gasteiger partial charge in [0.05, 0.1) is 12.1 Å². The Morgan fingerprint density at radius 2 is 1.89 bits per heavy atom. The van der Waals surface area contributed by atoms with Crippen molar-refractivity contribution in [3.8, 4) is 0 Å². The van der Waals surface area contributed by atoms with Crippen LogP contribution in [0.1, 0.15) is 39.3 Å². The van der Waals surface area contributed by atoms with Gasteiger partial charge in [-0.25, -0.2) is 8.78 Å². The summed E-state index contributed by atoms with van der Waals surface area (Å²) >= 11 is 0. The molecule has 0 fully saturated rings. The second kappa shape index (κ2) is 5.76. The van der Waals surface area contributed by atoms with Crippen molar-refractivity contribution in [2.24, 2.45) is 11.1 Å². The fourth-order valence-electron chi connectivity index (χ4n) is 2.01. The number of rotatable bonds is 4. The third-order valence-electron chi connectivity index (χ3n) is 2.85. The molecule has 0 heterocycles. The van der Waals surface area contributed by atoms with E-state index in [1.165, 1.54) is 12.1 Å². The Hall–Kier alpha value is -1.00. The molecule has 0 radical (unpaired) electrons. The lowest BCUT2D eigenvalue weighted by atomic mass is 9.82. The minimum absolute atomic E-state index is 0.226. The van der Waals surface area contributed by atoms with E-state index in [9.17, 15) is 8.78 Å². The van der Waals surface area contributed by atoms with Gasteiger partial charge in [-0.2, -0.15) is 0 Å². The Labute approximate surface area is 107 Å². The second-order valence-corrected chi connectivity index (χ2v) is 5.43. The van der Waals surface area contributed by atoms with Crippen molar-refractivity contribution in [3.63, 3.8) is 0 Å². The molecule has 4 heteroatoms. The topological polar surface area (TPSA) is 35.2 Å². The standard InChI is InChI=1S/C14H21F2NO/c1-5-18-13(14(2,3)4)12(17)10-7-6-9(15)8-11(10)16/h6-8,12-13H,5,17H2,1-4H3. The molecule has 0 aliphatic carbocycles. The first kappa shape index (κ1) is 15.1. The summed E-state index contributed by atoms with van der Waals surface area (Å²) in [6.45, 7) is 8.31. The van der Waals surface area contributed by atoms with E-state index < -0.39 is 17.7 Å². The van der Waals surface area contributed by atoms with Crippen molar-refractivity contribution in [3.05, 3.63) is 35.4 Å². The fraction of sp³-hybridized carbons (Fsp3) is 0.571. The zero-order valence-electron chi connectivity index (χ0n) is 11.3. The van der Waals surface area contributed by atoms with Gasteiger partial charge < -0.3 is 10.5 Å². The summed E-state index contributed by atoms with van der Waals surface area (Å²) in [5.41, 5.74) is 6.13. The lowest BCUT2D eigenvalue weighted by molar-refractivity contribution is -0.0289. The summed E-state index contributed by atoms with van der Waals surface area (Å²) in [5, 5.41) is 0. The van der Waals surface area contributed by atoms with Crippen LogP contribution in [0.3, 0.4) is 0 Å². The molecule has 0 amide bonds. The Kier molecular flexibility index (Phi) is 4.82. The maximum atomic E-state index is 13.7. The van der Waals surface area contributed by atoms with E-state index in [1.807, 2.05) is 27.7 Å². The van der Waals surface area contributed by atoms with Gasteiger partial charge in [0.15, 0.2) is 0 Å². The Morgan fingerprint density at radius 3 is 2.33 bits per heavy atom. The normalized spacial score (nSPS) is 15.5. The van der Waals surface area contributed by atoms with Crippen LogP contribution in [0.25, 0.3) is 0 Å². The molecule has 0 aliphatic rings. The molecule has 0 aliphatic heterocycles. The summed E-state index contributed by atoms with van der Waals surface area (Å²) < 4.78 is 32.2. The van der Waals surface area contributed by atoms with Crippen LogP contribution in [-0.2, 0) is 4.74 Å².